The third kappa shape index (κ3) is 4.14. The summed E-state index contributed by atoms with van der Waals surface area (Å²) in [5.74, 6) is 0.907. The number of nitrogens with zero attached hydrogens (tertiary/aromatic N) is 5. The molecule has 0 aliphatic carbocycles. The van der Waals surface area contributed by atoms with Gasteiger partial charge in [-0.1, -0.05) is 12.1 Å². The van der Waals surface area contributed by atoms with E-state index >= 15 is 0 Å². The van der Waals surface area contributed by atoms with Gasteiger partial charge in [0.2, 0.25) is 0 Å². The number of hydrogen-bond acceptors (Lipinski definition) is 6. The average Bonchev–Trinajstić information content (AvgIpc) is 3.43. The lowest BCUT2D eigenvalue weighted by molar-refractivity contribution is 0.0987. The number of pyridine rings is 1. The number of fused-ring (bicyclic) bond motifs is 1. The van der Waals surface area contributed by atoms with Gasteiger partial charge < -0.3 is 9.32 Å². The molecule has 31 heavy (non-hydrogen) atoms. The maximum absolute atomic E-state index is 12.8. The zero-order chi connectivity index (χ0) is 21.4. The summed E-state index contributed by atoms with van der Waals surface area (Å²) in [5, 5.41) is 6.33. The first-order valence-electron chi connectivity index (χ1n) is 10.6. The molecule has 158 valence electrons. The lowest BCUT2D eigenvalue weighted by Crippen LogP contribution is -2.29. The third-order valence-electron chi connectivity index (χ3n) is 6.03. The Hall–Kier alpha value is -3.32. The molecule has 0 atom stereocenters. The van der Waals surface area contributed by atoms with Crippen LogP contribution in [0.25, 0.3) is 21.9 Å². The van der Waals surface area contributed by atoms with E-state index < -0.39 is 0 Å². The zero-order valence-corrected chi connectivity index (χ0v) is 17.8. The first-order chi connectivity index (χ1) is 15.0. The van der Waals surface area contributed by atoms with E-state index in [1.165, 1.54) is 6.26 Å². The number of carbonyl (C=O) groups excluding carboxylic acids is 1. The summed E-state index contributed by atoms with van der Waals surface area (Å²) < 4.78 is 7.44. The molecule has 0 amide bonds. The summed E-state index contributed by atoms with van der Waals surface area (Å²) in [6, 6.07) is 8.19. The van der Waals surface area contributed by atoms with Crippen LogP contribution in [-0.4, -0.2) is 50.6 Å². The van der Waals surface area contributed by atoms with Crippen molar-refractivity contribution in [3.05, 3.63) is 66.4 Å². The molecule has 0 unspecified atom stereocenters. The summed E-state index contributed by atoms with van der Waals surface area (Å²) >= 11 is 0. The molecule has 1 aromatic carbocycles. The largest absolute Gasteiger partial charge is 0.448 e. The number of likely N-dealkylation sites (tertiary alicyclic amines) is 1. The number of piperidine rings is 1. The predicted octanol–water partition coefficient (Wildman–Crippen LogP) is 3.86. The number of ketones is 1. The van der Waals surface area contributed by atoms with E-state index in [4.69, 9.17) is 4.42 Å². The van der Waals surface area contributed by atoms with Crippen LogP contribution < -0.4 is 0 Å². The Bertz CT molecular complexity index is 1230. The topological polar surface area (TPSA) is 77.1 Å². The van der Waals surface area contributed by atoms with Gasteiger partial charge in [-0.25, -0.2) is 4.98 Å². The van der Waals surface area contributed by atoms with Crippen molar-refractivity contribution in [1.29, 1.82) is 0 Å². The molecule has 5 rings (SSSR count). The number of benzene rings is 1. The molecule has 7 nitrogen and oxygen atoms in total. The zero-order valence-electron chi connectivity index (χ0n) is 17.8. The maximum Gasteiger partial charge on any atom is 0.197 e. The average molecular weight is 415 g/mol. The van der Waals surface area contributed by atoms with Gasteiger partial charge in [0.1, 0.15) is 12.0 Å². The molecular weight excluding hydrogens is 390 g/mol. The molecule has 1 fully saturated rings. The lowest BCUT2D eigenvalue weighted by atomic mass is 9.97. The first kappa shape index (κ1) is 19.6. The molecule has 0 spiro atoms. The van der Waals surface area contributed by atoms with Gasteiger partial charge in [0.05, 0.1) is 12.6 Å². The number of Topliss-reactive ketones (excluding diaryl/α,β-unsaturated/α-hetero) is 1. The molecule has 0 bridgehead atoms. The molecule has 1 saturated heterocycles. The van der Waals surface area contributed by atoms with E-state index in [1.807, 2.05) is 37.8 Å². The van der Waals surface area contributed by atoms with Gasteiger partial charge >= 0.3 is 0 Å². The Kier molecular flexibility index (Phi) is 5.11. The predicted molar refractivity (Wildman–Crippen MR) is 118 cm³/mol. The second kappa shape index (κ2) is 8.07. The summed E-state index contributed by atoms with van der Waals surface area (Å²) in [6.07, 6.45) is 9.37. The lowest BCUT2D eigenvalue weighted by Gasteiger charge is -2.26. The number of aromatic nitrogens is 4. The number of aryl methyl sites for hydroxylation is 1. The van der Waals surface area contributed by atoms with Crippen LogP contribution in [0.15, 0.2) is 53.5 Å². The Labute approximate surface area is 180 Å². The van der Waals surface area contributed by atoms with Gasteiger partial charge in [0, 0.05) is 42.0 Å². The van der Waals surface area contributed by atoms with Crippen molar-refractivity contribution in [3.8, 4) is 11.1 Å². The molecule has 1 aliphatic rings. The van der Waals surface area contributed by atoms with Crippen molar-refractivity contribution in [2.75, 3.05) is 20.1 Å². The van der Waals surface area contributed by atoms with E-state index in [0.29, 0.717) is 17.5 Å². The monoisotopic (exact) mass is 415 g/mol. The van der Waals surface area contributed by atoms with Crippen LogP contribution in [0.4, 0.5) is 0 Å². The second-order valence-corrected chi connectivity index (χ2v) is 8.39. The Morgan fingerprint density at radius 3 is 2.71 bits per heavy atom. The van der Waals surface area contributed by atoms with Gasteiger partial charge in [-0.05, 0) is 56.1 Å². The third-order valence-corrected chi connectivity index (χ3v) is 6.03. The Morgan fingerprint density at radius 2 is 1.94 bits per heavy atom. The minimum atomic E-state index is -0.0711. The van der Waals surface area contributed by atoms with E-state index in [-0.39, 0.29) is 12.2 Å². The fourth-order valence-electron chi connectivity index (χ4n) is 4.15. The highest BCUT2D eigenvalue weighted by atomic mass is 16.3. The molecule has 0 saturated carbocycles. The van der Waals surface area contributed by atoms with E-state index in [9.17, 15) is 4.79 Å². The standard InChI is InChI=1S/C24H25N5O2/c1-28-7-5-16(6-8-28)24-27-22(15-31-24)23(30)11-21-10-19-9-17(3-4-18(19)12-25-21)20-13-26-29(2)14-20/h3-4,9-10,12-16H,5-8,11H2,1-2H3. The fraction of sp³-hybridized carbons (Fsp3) is 0.333. The van der Waals surface area contributed by atoms with Gasteiger partial charge in [-0.3, -0.25) is 14.5 Å². The second-order valence-electron chi connectivity index (χ2n) is 8.39. The van der Waals surface area contributed by atoms with Crippen molar-refractivity contribution in [1.82, 2.24) is 24.6 Å². The van der Waals surface area contributed by atoms with Crippen LogP contribution in [0.2, 0.25) is 0 Å². The van der Waals surface area contributed by atoms with E-state index in [2.05, 4.69) is 39.1 Å². The molecule has 0 radical (unpaired) electrons. The Balaban J connectivity index is 1.33. The van der Waals surface area contributed by atoms with Crippen molar-refractivity contribution >= 4 is 16.6 Å². The van der Waals surface area contributed by atoms with Gasteiger partial charge in [0.25, 0.3) is 0 Å². The van der Waals surface area contributed by atoms with Crippen molar-refractivity contribution in [3.63, 3.8) is 0 Å². The van der Waals surface area contributed by atoms with Crippen molar-refractivity contribution < 1.29 is 9.21 Å². The van der Waals surface area contributed by atoms with Crippen LogP contribution in [-0.2, 0) is 13.5 Å². The van der Waals surface area contributed by atoms with Crippen molar-refractivity contribution in [2.24, 2.45) is 7.05 Å². The van der Waals surface area contributed by atoms with Crippen LogP contribution in [0, 0.1) is 0 Å². The SMILES string of the molecule is CN1CCC(c2nc(C(=O)Cc3cc4cc(-c5cnn(C)c5)ccc4cn3)co2)CC1. The quantitative estimate of drug-likeness (QED) is 0.461. The number of rotatable bonds is 5. The normalized spacial score (nSPS) is 15.5. The van der Waals surface area contributed by atoms with Crippen LogP contribution >= 0.6 is 0 Å². The summed E-state index contributed by atoms with van der Waals surface area (Å²) in [5.41, 5.74) is 3.26. The highest BCUT2D eigenvalue weighted by molar-refractivity contribution is 5.96. The maximum atomic E-state index is 12.8. The van der Waals surface area contributed by atoms with Crippen LogP contribution in [0.1, 0.15) is 40.8 Å². The Morgan fingerprint density at radius 1 is 1.10 bits per heavy atom. The fourth-order valence-corrected chi connectivity index (χ4v) is 4.15. The molecular formula is C24H25N5O2. The molecule has 1 aliphatic heterocycles. The molecule has 4 heterocycles. The molecule has 3 aromatic heterocycles. The summed E-state index contributed by atoms with van der Waals surface area (Å²) in [6.45, 7) is 2.05. The number of carbonyl (C=O) groups is 1. The number of hydrogen-bond donors (Lipinski definition) is 0. The smallest absolute Gasteiger partial charge is 0.197 e. The van der Waals surface area contributed by atoms with Crippen LogP contribution in [0.3, 0.4) is 0 Å². The van der Waals surface area contributed by atoms with Gasteiger partial charge in [-0.2, -0.15) is 5.10 Å². The van der Waals surface area contributed by atoms with Crippen LogP contribution in [0.5, 0.6) is 0 Å². The highest BCUT2D eigenvalue weighted by Gasteiger charge is 2.24. The first-order valence-corrected chi connectivity index (χ1v) is 10.6. The molecule has 0 N–H and O–H groups in total. The van der Waals surface area contributed by atoms with E-state index in [0.717, 1.165) is 53.5 Å². The number of oxazole rings is 1. The van der Waals surface area contributed by atoms with Crippen molar-refractivity contribution in [2.45, 2.75) is 25.2 Å². The molecule has 7 heteroatoms. The van der Waals surface area contributed by atoms with E-state index in [1.54, 1.807) is 4.68 Å². The highest BCUT2D eigenvalue weighted by Crippen LogP contribution is 2.27. The van der Waals surface area contributed by atoms with Gasteiger partial charge in [-0.15, -0.1) is 0 Å². The minimum Gasteiger partial charge on any atom is -0.448 e. The summed E-state index contributed by atoms with van der Waals surface area (Å²) in [4.78, 5) is 24.1. The minimum absolute atomic E-state index is 0.0711. The molecule has 4 aromatic rings. The summed E-state index contributed by atoms with van der Waals surface area (Å²) in [7, 11) is 4.03. The van der Waals surface area contributed by atoms with Gasteiger partial charge in [0.15, 0.2) is 11.7 Å².